The van der Waals surface area contributed by atoms with E-state index in [1.807, 2.05) is 6.08 Å². The third-order valence-corrected chi connectivity index (χ3v) is 3.62. The minimum Gasteiger partial charge on any atom is -0.106 e. The van der Waals surface area contributed by atoms with Gasteiger partial charge in [0, 0.05) is 0 Å². The van der Waals surface area contributed by atoms with Crippen LogP contribution in [0.5, 0.6) is 0 Å². The highest BCUT2D eigenvalue weighted by molar-refractivity contribution is 4.88. The van der Waals surface area contributed by atoms with E-state index in [2.05, 4.69) is 47.4 Å². The van der Waals surface area contributed by atoms with Gasteiger partial charge in [0.2, 0.25) is 0 Å². The zero-order valence-electron chi connectivity index (χ0n) is 13.2. The van der Waals surface area contributed by atoms with Gasteiger partial charge >= 0.3 is 0 Å². The van der Waals surface area contributed by atoms with E-state index in [9.17, 15) is 0 Å². The van der Waals surface area contributed by atoms with Crippen molar-refractivity contribution in [2.24, 2.45) is 23.2 Å². The summed E-state index contributed by atoms with van der Waals surface area (Å²) in [6.07, 6.45) is 10.7. The second-order valence-corrected chi connectivity index (χ2v) is 6.90. The van der Waals surface area contributed by atoms with Crippen LogP contribution in [0.15, 0.2) is 25.8 Å². The van der Waals surface area contributed by atoms with Gasteiger partial charge < -0.3 is 0 Å². The normalized spacial score (nSPS) is 19.0. The molecule has 0 amide bonds. The van der Waals surface area contributed by atoms with E-state index in [4.69, 9.17) is 0 Å². The average molecular weight is 283 g/mol. The number of hydrogen-bond donors (Lipinski definition) is 0. The highest BCUT2D eigenvalue weighted by Crippen LogP contribution is 2.44. The summed E-state index contributed by atoms with van der Waals surface area (Å²) in [5.41, 5.74) is 0.611. The van der Waals surface area contributed by atoms with Crippen LogP contribution in [0.1, 0.15) is 81.1 Å². The molecule has 0 aromatic heterocycles. The molecule has 0 bridgehead atoms. The zero-order chi connectivity index (χ0) is 14.2. The van der Waals surface area contributed by atoms with Crippen LogP contribution < -0.4 is 0 Å². The Bertz CT molecular complexity index is 209. The van der Waals surface area contributed by atoms with Gasteiger partial charge in [-0.15, -0.1) is 19.7 Å². The summed E-state index contributed by atoms with van der Waals surface area (Å²) in [5, 5.41) is 0. The maximum absolute atomic E-state index is 3.62. The van der Waals surface area contributed by atoms with Crippen LogP contribution in [-0.4, -0.2) is 0 Å². The van der Waals surface area contributed by atoms with Crippen LogP contribution >= 0.6 is 0 Å². The van der Waals surface area contributed by atoms with Gasteiger partial charge in [-0.05, 0) is 48.9 Å². The topological polar surface area (TPSA) is 0 Å². The van der Waals surface area contributed by atoms with Crippen molar-refractivity contribution in [1.82, 2.24) is 0 Å². The summed E-state index contributed by atoms with van der Waals surface area (Å²) in [6.45, 7) is 18.9. The maximum Gasteiger partial charge on any atom is -0.0236 e. The van der Waals surface area contributed by atoms with E-state index in [-0.39, 0.29) is 14.9 Å². The minimum absolute atomic E-state index is 0. The van der Waals surface area contributed by atoms with Gasteiger partial charge in [0.25, 0.3) is 0 Å². The van der Waals surface area contributed by atoms with Crippen molar-refractivity contribution in [3.63, 3.8) is 0 Å². The maximum atomic E-state index is 3.62. The van der Waals surface area contributed by atoms with Crippen molar-refractivity contribution >= 4 is 0 Å². The number of rotatable bonds is 1. The van der Waals surface area contributed by atoms with Gasteiger partial charge in [-0.3, -0.25) is 0 Å². The molecule has 0 spiro atoms. The molecular formula is C20H42. The first-order chi connectivity index (χ1) is 8.43. The molecule has 3 aliphatic rings. The lowest BCUT2D eigenvalue weighted by atomic mass is 9.91. The third-order valence-electron chi connectivity index (χ3n) is 3.62. The molecule has 0 aromatic rings. The molecule has 3 fully saturated rings. The summed E-state index contributed by atoms with van der Waals surface area (Å²) in [7, 11) is 0. The molecule has 20 heavy (non-hydrogen) atoms. The molecule has 0 unspecified atom stereocenters. The van der Waals surface area contributed by atoms with Gasteiger partial charge in [-0.2, -0.15) is 0 Å². The SMILES string of the molecule is C.C.C=C.C=CC1CC1.CC(C)(C)C1CC1.CC1CC1. The molecule has 0 nitrogen and oxygen atoms in total. The molecule has 122 valence electrons. The van der Waals surface area contributed by atoms with Crippen molar-refractivity contribution in [2.45, 2.75) is 81.1 Å². The van der Waals surface area contributed by atoms with Gasteiger partial charge in [0.1, 0.15) is 0 Å². The second-order valence-electron chi connectivity index (χ2n) is 6.90. The molecule has 0 heterocycles. The predicted octanol–water partition coefficient (Wildman–Crippen LogP) is 7.52. The molecule has 0 radical (unpaired) electrons. The van der Waals surface area contributed by atoms with E-state index in [1.54, 1.807) is 0 Å². The summed E-state index contributed by atoms with van der Waals surface area (Å²) in [4.78, 5) is 0. The fourth-order valence-electron chi connectivity index (χ4n) is 1.45. The molecule has 0 aliphatic heterocycles. The van der Waals surface area contributed by atoms with Gasteiger partial charge in [-0.1, -0.05) is 61.5 Å². The fourth-order valence-corrected chi connectivity index (χ4v) is 1.45. The van der Waals surface area contributed by atoms with Crippen LogP contribution in [0.2, 0.25) is 0 Å². The van der Waals surface area contributed by atoms with E-state index >= 15 is 0 Å². The Kier molecular flexibility index (Phi) is 15.0. The smallest absolute Gasteiger partial charge is 0.0236 e. The molecule has 3 aliphatic carbocycles. The quantitative estimate of drug-likeness (QED) is 0.436. The lowest BCUT2D eigenvalue weighted by Gasteiger charge is -2.15. The third kappa shape index (κ3) is 17.5. The Morgan fingerprint density at radius 2 is 1.20 bits per heavy atom. The summed E-state index contributed by atoms with van der Waals surface area (Å²) < 4.78 is 0. The van der Waals surface area contributed by atoms with Crippen molar-refractivity contribution in [2.75, 3.05) is 0 Å². The molecular weight excluding hydrogens is 240 g/mol. The molecule has 3 rings (SSSR count). The van der Waals surface area contributed by atoms with Crippen LogP contribution in [-0.2, 0) is 0 Å². The first-order valence-corrected chi connectivity index (χ1v) is 7.56. The number of hydrogen-bond acceptors (Lipinski definition) is 0. The largest absolute Gasteiger partial charge is 0.106 e. The van der Waals surface area contributed by atoms with Crippen LogP contribution in [0.3, 0.4) is 0 Å². The lowest BCUT2D eigenvalue weighted by molar-refractivity contribution is 0.351. The Hall–Kier alpha value is -0.520. The van der Waals surface area contributed by atoms with Crippen molar-refractivity contribution in [3.8, 4) is 0 Å². The average Bonchev–Trinajstić information content (AvgIpc) is 3.19. The van der Waals surface area contributed by atoms with E-state index in [0.717, 1.165) is 17.8 Å². The van der Waals surface area contributed by atoms with E-state index < -0.39 is 0 Å². The van der Waals surface area contributed by atoms with E-state index in [1.165, 1.54) is 38.5 Å². The van der Waals surface area contributed by atoms with Crippen molar-refractivity contribution in [1.29, 1.82) is 0 Å². The first kappa shape index (κ1) is 24.5. The Morgan fingerprint density at radius 1 is 0.850 bits per heavy atom. The van der Waals surface area contributed by atoms with Crippen LogP contribution in [0.25, 0.3) is 0 Å². The summed E-state index contributed by atoms with van der Waals surface area (Å²) in [6, 6.07) is 0. The Labute approximate surface area is 130 Å². The Morgan fingerprint density at radius 3 is 1.20 bits per heavy atom. The summed E-state index contributed by atoms with van der Waals surface area (Å²) in [5.74, 6) is 3.03. The fraction of sp³-hybridized carbons (Fsp3) is 0.800. The van der Waals surface area contributed by atoms with Gasteiger partial charge in [-0.25, -0.2) is 0 Å². The highest BCUT2D eigenvalue weighted by atomic mass is 14.4. The van der Waals surface area contributed by atoms with Crippen molar-refractivity contribution < 1.29 is 0 Å². The molecule has 0 aromatic carbocycles. The van der Waals surface area contributed by atoms with Gasteiger partial charge in [0.15, 0.2) is 0 Å². The second kappa shape index (κ2) is 12.2. The first-order valence-electron chi connectivity index (χ1n) is 7.56. The number of allylic oxidation sites excluding steroid dienone is 1. The molecule has 3 saturated carbocycles. The monoisotopic (exact) mass is 282 g/mol. The van der Waals surface area contributed by atoms with Crippen LogP contribution in [0, 0.1) is 23.2 Å². The molecule has 0 atom stereocenters. The highest BCUT2D eigenvalue weighted by Gasteiger charge is 2.33. The molecule has 0 N–H and O–H groups in total. The van der Waals surface area contributed by atoms with E-state index in [0.29, 0.717) is 5.41 Å². The van der Waals surface area contributed by atoms with Crippen molar-refractivity contribution in [3.05, 3.63) is 25.8 Å². The zero-order valence-corrected chi connectivity index (χ0v) is 13.2. The lowest BCUT2D eigenvalue weighted by Crippen LogP contribution is -2.06. The summed E-state index contributed by atoms with van der Waals surface area (Å²) >= 11 is 0. The Balaban J connectivity index is -0.000000200. The molecule has 0 heteroatoms. The van der Waals surface area contributed by atoms with Gasteiger partial charge in [0.05, 0.1) is 0 Å². The standard InChI is InChI=1S/C7H14.C5H8.C4H8.C2H4.2CH4/c1-7(2,3)6-4-5-6;1-2-5-3-4-5;1-4-2-3-4;1-2;;/h6H,4-5H2,1-3H3;2,5H,1,3-4H2;4H,2-3H2,1H3;1-2H2;2*1H4. The predicted molar refractivity (Wildman–Crippen MR) is 98.2 cm³/mol. The minimum atomic E-state index is 0. The van der Waals surface area contributed by atoms with Crippen LogP contribution in [0.4, 0.5) is 0 Å². The molecule has 0 saturated heterocycles.